The van der Waals surface area contributed by atoms with Gasteiger partial charge < -0.3 is 9.25 Å². The van der Waals surface area contributed by atoms with Gasteiger partial charge in [-0.3, -0.25) is 9.69 Å². The van der Waals surface area contributed by atoms with Gasteiger partial charge in [0.2, 0.25) is 0 Å². The van der Waals surface area contributed by atoms with Gasteiger partial charge in [-0.1, -0.05) is 35.5 Å². The molecule has 2 aromatic carbocycles. The van der Waals surface area contributed by atoms with Crippen LogP contribution in [0, 0.1) is 0 Å². The molecular weight excluding hydrogens is 340 g/mol. The summed E-state index contributed by atoms with van der Waals surface area (Å²) < 4.78 is 5.90. The second-order valence-corrected chi connectivity index (χ2v) is 6.71. The van der Waals surface area contributed by atoms with Gasteiger partial charge in [0.15, 0.2) is 5.43 Å². The highest BCUT2D eigenvalue weighted by molar-refractivity contribution is 5.83. The zero-order valence-electron chi connectivity index (χ0n) is 15.1. The van der Waals surface area contributed by atoms with Crippen LogP contribution in [0.3, 0.4) is 0 Å². The quantitative estimate of drug-likeness (QED) is 0.379. The Bertz CT molecular complexity index is 1000. The molecule has 3 aromatic rings. The van der Waals surface area contributed by atoms with Crippen molar-refractivity contribution in [2.24, 2.45) is 5.16 Å². The van der Waals surface area contributed by atoms with Crippen molar-refractivity contribution in [3.8, 4) is 11.3 Å². The van der Waals surface area contributed by atoms with Crippen LogP contribution in [0.25, 0.3) is 22.3 Å². The van der Waals surface area contributed by atoms with Crippen LogP contribution in [-0.4, -0.2) is 37.4 Å². The van der Waals surface area contributed by atoms with Crippen molar-refractivity contribution >= 4 is 17.2 Å². The molecule has 4 rings (SSSR count). The smallest absolute Gasteiger partial charge is 0.193 e. The number of likely N-dealkylation sites (tertiary alicyclic amines) is 1. The molecule has 1 fully saturated rings. The van der Waals surface area contributed by atoms with Crippen LogP contribution in [0.15, 0.2) is 69.0 Å². The Morgan fingerprint density at radius 3 is 2.81 bits per heavy atom. The molecule has 0 radical (unpaired) electrons. The van der Waals surface area contributed by atoms with Gasteiger partial charge in [0, 0.05) is 18.2 Å². The Balaban J connectivity index is 1.46. The van der Waals surface area contributed by atoms with Gasteiger partial charge in [-0.05, 0) is 49.7 Å². The normalized spacial score (nSPS) is 15.0. The van der Waals surface area contributed by atoms with Crippen molar-refractivity contribution in [1.29, 1.82) is 0 Å². The molecule has 0 amide bonds. The van der Waals surface area contributed by atoms with Gasteiger partial charge in [0.25, 0.3) is 0 Å². The summed E-state index contributed by atoms with van der Waals surface area (Å²) in [6.45, 7) is 3.83. The summed E-state index contributed by atoms with van der Waals surface area (Å²) in [4.78, 5) is 20.1. The van der Waals surface area contributed by atoms with Gasteiger partial charge in [-0.15, -0.1) is 0 Å². The summed E-state index contributed by atoms with van der Waals surface area (Å²) >= 11 is 0. The molecule has 0 unspecified atom stereocenters. The van der Waals surface area contributed by atoms with Crippen LogP contribution < -0.4 is 5.43 Å². The zero-order valence-corrected chi connectivity index (χ0v) is 15.1. The standard InChI is InChI=1S/C22H22N2O3/c25-20-15-22(27-21-9-2-1-8-19(20)21)18-7-5-6-17(14-18)16-23-26-13-12-24-10-3-4-11-24/h1-2,5-9,14-16H,3-4,10-13H2/b23-16-. The van der Waals surface area contributed by atoms with E-state index in [2.05, 4.69) is 10.1 Å². The topological polar surface area (TPSA) is 55.0 Å². The highest BCUT2D eigenvalue weighted by atomic mass is 16.6. The molecule has 138 valence electrons. The number of nitrogens with zero attached hydrogens (tertiary/aromatic N) is 2. The number of rotatable bonds is 6. The fraction of sp³-hybridized carbons (Fsp3) is 0.273. The first-order valence-electron chi connectivity index (χ1n) is 9.31. The van der Waals surface area contributed by atoms with Crippen molar-refractivity contribution in [1.82, 2.24) is 4.90 Å². The first kappa shape index (κ1) is 17.5. The van der Waals surface area contributed by atoms with Crippen LogP contribution in [0.5, 0.6) is 0 Å². The summed E-state index contributed by atoms with van der Waals surface area (Å²) in [5, 5.41) is 4.65. The Hall–Kier alpha value is -2.92. The number of fused-ring (bicyclic) bond motifs is 1. The summed E-state index contributed by atoms with van der Waals surface area (Å²) in [6.07, 6.45) is 4.24. The van der Waals surface area contributed by atoms with E-state index >= 15 is 0 Å². The minimum absolute atomic E-state index is 0.0452. The summed E-state index contributed by atoms with van der Waals surface area (Å²) in [5.41, 5.74) is 2.27. The largest absolute Gasteiger partial charge is 0.456 e. The van der Waals surface area contributed by atoms with Crippen LogP contribution in [0.2, 0.25) is 0 Å². The SMILES string of the molecule is O=c1cc(-c2cccc(/C=N\OCCN3CCCC3)c2)oc2ccccc12. The van der Waals surface area contributed by atoms with E-state index in [0.29, 0.717) is 23.3 Å². The minimum atomic E-state index is -0.0452. The zero-order chi connectivity index (χ0) is 18.5. The first-order chi connectivity index (χ1) is 13.3. The van der Waals surface area contributed by atoms with Gasteiger partial charge >= 0.3 is 0 Å². The number of para-hydroxylation sites is 1. The van der Waals surface area contributed by atoms with Crippen molar-refractivity contribution < 1.29 is 9.25 Å². The number of hydrogen-bond donors (Lipinski definition) is 0. The molecule has 1 aliphatic rings. The van der Waals surface area contributed by atoms with E-state index in [9.17, 15) is 4.79 Å². The Morgan fingerprint density at radius 1 is 1.07 bits per heavy atom. The average molecular weight is 362 g/mol. The highest BCUT2D eigenvalue weighted by Gasteiger charge is 2.10. The van der Waals surface area contributed by atoms with E-state index in [1.807, 2.05) is 36.4 Å². The molecule has 0 N–H and O–H groups in total. The van der Waals surface area contributed by atoms with E-state index in [0.717, 1.165) is 30.8 Å². The third-order valence-electron chi connectivity index (χ3n) is 4.78. The molecule has 1 aromatic heterocycles. The van der Waals surface area contributed by atoms with E-state index in [1.54, 1.807) is 18.3 Å². The maximum Gasteiger partial charge on any atom is 0.193 e. The lowest BCUT2D eigenvalue weighted by atomic mass is 10.1. The molecule has 0 saturated carbocycles. The summed E-state index contributed by atoms with van der Waals surface area (Å²) in [6, 6.07) is 16.5. The maximum atomic E-state index is 12.3. The second-order valence-electron chi connectivity index (χ2n) is 6.71. The first-order valence-corrected chi connectivity index (χ1v) is 9.31. The molecule has 0 atom stereocenters. The lowest BCUT2D eigenvalue weighted by Gasteiger charge is -2.12. The monoisotopic (exact) mass is 362 g/mol. The van der Waals surface area contributed by atoms with Gasteiger partial charge in [-0.25, -0.2) is 0 Å². The van der Waals surface area contributed by atoms with Crippen molar-refractivity contribution in [2.75, 3.05) is 26.2 Å². The van der Waals surface area contributed by atoms with Crippen molar-refractivity contribution in [3.05, 3.63) is 70.4 Å². The molecular formula is C22H22N2O3. The second kappa shape index (κ2) is 8.18. The van der Waals surface area contributed by atoms with Crippen LogP contribution in [0.4, 0.5) is 0 Å². The molecule has 0 spiro atoms. The Kier molecular flexibility index (Phi) is 5.30. The Morgan fingerprint density at radius 2 is 1.93 bits per heavy atom. The maximum absolute atomic E-state index is 12.3. The summed E-state index contributed by atoms with van der Waals surface area (Å²) in [5.74, 6) is 0.545. The third kappa shape index (κ3) is 4.26. The van der Waals surface area contributed by atoms with E-state index in [-0.39, 0.29) is 5.43 Å². The van der Waals surface area contributed by atoms with Gasteiger partial charge in [0.05, 0.1) is 11.6 Å². The van der Waals surface area contributed by atoms with Crippen molar-refractivity contribution in [3.63, 3.8) is 0 Å². The van der Waals surface area contributed by atoms with Gasteiger partial charge in [-0.2, -0.15) is 0 Å². The number of benzene rings is 2. The molecule has 0 aliphatic carbocycles. The van der Waals surface area contributed by atoms with Gasteiger partial charge in [0.1, 0.15) is 18.0 Å². The van der Waals surface area contributed by atoms with E-state index in [4.69, 9.17) is 9.25 Å². The fourth-order valence-corrected chi connectivity index (χ4v) is 3.35. The molecule has 0 bridgehead atoms. The van der Waals surface area contributed by atoms with Crippen molar-refractivity contribution in [2.45, 2.75) is 12.8 Å². The molecule has 2 heterocycles. The van der Waals surface area contributed by atoms with Crippen LogP contribution in [-0.2, 0) is 4.84 Å². The van der Waals surface area contributed by atoms with Crippen LogP contribution in [0.1, 0.15) is 18.4 Å². The average Bonchev–Trinajstić information content (AvgIpc) is 3.21. The van der Waals surface area contributed by atoms with E-state index < -0.39 is 0 Å². The van der Waals surface area contributed by atoms with E-state index in [1.165, 1.54) is 18.9 Å². The Labute approximate surface area is 157 Å². The molecule has 5 nitrogen and oxygen atoms in total. The fourth-order valence-electron chi connectivity index (χ4n) is 3.35. The molecule has 1 saturated heterocycles. The lowest BCUT2D eigenvalue weighted by Crippen LogP contribution is -2.23. The van der Waals surface area contributed by atoms with Crippen LogP contribution >= 0.6 is 0 Å². The molecule has 27 heavy (non-hydrogen) atoms. The number of hydrogen-bond acceptors (Lipinski definition) is 5. The predicted octanol–water partition coefficient (Wildman–Crippen LogP) is 3.91. The number of oxime groups is 1. The molecule has 5 heteroatoms. The minimum Gasteiger partial charge on any atom is -0.456 e. The molecule has 1 aliphatic heterocycles. The summed E-state index contributed by atoms with van der Waals surface area (Å²) in [7, 11) is 0. The predicted molar refractivity (Wildman–Crippen MR) is 107 cm³/mol. The highest BCUT2D eigenvalue weighted by Crippen LogP contribution is 2.22. The lowest BCUT2D eigenvalue weighted by molar-refractivity contribution is 0.120. The third-order valence-corrected chi connectivity index (χ3v) is 4.78.